The number of ether oxygens (including phenoxy) is 1. The third kappa shape index (κ3) is 2.15. The molecule has 0 aliphatic carbocycles. The molecule has 4 nitrogen and oxygen atoms in total. The Balaban J connectivity index is 2.79. The van der Waals surface area contributed by atoms with Crippen LogP contribution >= 0.6 is 0 Å². The summed E-state index contributed by atoms with van der Waals surface area (Å²) in [6, 6.07) is 1.31. The molecule has 0 spiro atoms. The van der Waals surface area contributed by atoms with Gasteiger partial charge in [0.05, 0.1) is 13.0 Å². The van der Waals surface area contributed by atoms with Gasteiger partial charge in [0.15, 0.2) is 5.76 Å². The molecule has 1 unspecified atom stereocenters. The number of hydrogen-bond donors (Lipinski definition) is 1. The molecule has 0 amide bonds. The number of halogens is 2. The molecule has 0 saturated carbocycles. The van der Waals surface area contributed by atoms with Gasteiger partial charge in [0.2, 0.25) is 6.43 Å². The summed E-state index contributed by atoms with van der Waals surface area (Å²) in [4.78, 5) is 0. The molecule has 2 N–H and O–H groups in total. The summed E-state index contributed by atoms with van der Waals surface area (Å²) in [6.07, 6.45) is -2.55. The van der Waals surface area contributed by atoms with Gasteiger partial charge in [0.1, 0.15) is 0 Å². The fourth-order valence-electron chi connectivity index (χ4n) is 0.886. The fraction of sp³-hybridized carbons (Fsp3) is 0.571. The molecular weight excluding hydrogens is 182 g/mol. The van der Waals surface area contributed by atoms with Gasteiger partial charge in [-0.3, -0.25) is 0 Å². The number of nitrogens with zero attached hydrogens (tertiary/aromatic N) is 1. The smallest absolute Gasteiger partial charge is 0.254 e. The molecule has 1 atom stereocenters. The minimum Gasteiger partial charge on any atom is -0.479 e. The molecule has 0 saturated heterocycles. The summed E-state index contributed by atoms with van der Waals surface area (Å²) < 4.78 is 33.9. The van der Waals surface area contributed by atoms with Gasteiger partial charge in [-0.1, -0.05) is 0 Å². The third-order valence-corrected chi connectivity index (χ3v) is 1.64. The van der Waals surface area contributed by atoms with Crippen LogP contribution in [0.1, 0.15) is 11.7 Å². The molecule has 1 rings (SSSR count). The van der Waals surface area contributed by atoms with Gasteiger partial charge in [-0.25, -0.2) is 8.78 Å². The molecule has 1 aromatic heterocycles. The van der Waals surface area contributed by atoms with Gasteiger partial charge in [0, 0.05) is 12.6 Å². The van der Waals surface area contributed by atoms with Crippen LogP contribution in [0.5, 0.6) is 5.88 Å². The quantitative estimate of drug-likeness (QED) is 0.772. The van der Waals surface area contributed by atoms with Crippen LogP contribution in [-0.2, 0) is 0 Å². The highest BCUT2D eigenvalue weighted by Crippen LogP contribution is 2.24. The van der Waals surface area contributed by atoms with Gasteiger partial charge in [0.25, 0.3) is 5.88 Å². The van der Waals surface area contributed by atoms with E-state index < -0.39 is 12.3 Å². The number of hydrogen-bond acceptors (Lipinski definition) is 4. The van der Waals surface area contributed by atoms with E-state index in [1.807, 2.05) is 0 Å². The molecule has 1 aromatic rings. The van der Waals surface area contributed by atoms with Gasteiger partial charge in [-0.2, -0.15) is 0 Å². The van der Waals surface area contributed by atoms with Crippen molar-refractivity contribution in [3.63, 3.8) is 0 Å². The van der Waals surface area contributed by atoms with E-state index in [1.54, 1.807) is 0 Å². The Labute approximate surface area is 73.6 Å². The zero-order valence-corrected chi connectivity index (χ0v) is 7.04. The van der Waals surface area contributed by atoms with E-state index >= 15 is 0 Å². The second kappa shape index (κ2) is 4.18. The van der Waals surface area contributed by atoms with Crippen LogP contribution in [0.25, 0.3) is 0 Å². The molecule has 6 heteroatoms. The summed E-state index contributed by atoms with van der Waals surface area (Å²) in [5.74, 6) is -0.889. The lowest BCUT2D eigenvalue weighted by Gasteiger charge is -2.07. The lowest BCUT2D eigenvalue weighted by molar-refractivity contribution is 0.104. The number of nitrogens with two attached hydrogens (primary N) is 1. The summed E-state index contributed by atoms with van der Waals surface area (Å²) in [5.41, 5.74) is 5.15. The summed E-state index contributed by atoms with van der Waals surface area (Å²) >= 11 is 0. The first-order valence-corrected chi connectivity index (χ1v) is 3.67. The molecule has 0 aromatic carbocycles. The van der Waals surface area contributed by atoms with E-state index in [1.165, 1.54) is 13.2 Å². The van der Waals surface area contributed by atoms with Crippen LogP contribution in [0, 0.1) is 0 Å². The number of alkyl halides is 2. The van der Waals surface area contributed by atoms with Crippen molar-refractivity contribution < 1.29 is 18.0 Å². The molecular formula is C7H10F2N2O2. The Morgan fingerprint density at radius 3 is 2.77 bits per heavy atom. The molecule has 0 bridgehead atoms. The predicted octanol–water partition coefficient (Wildman–Crippen LogP) is 0.991. The number of rotatable bonds is 4. The second-order valence-electron chi connectivity index (χ2n) is 2.45. The monoisotopic (exact) mass is 192 g/mol. The Morgan fingerprint density at radius 1 is 1.69 bits per heavy atom. The molecule has 13 heavy (non-hydrogen) atoms. The van der Waals surface area contributed by atoms with E-state index in [2.05, 4.69) is 14.4 Å². The molecule has 0 fully saturated rings. The van der Waals surface area contributed by atoms with Crippen molar-refractivity contribution in [1.29, 1.82) is 0 Å². The largest absolute Gasteiger partial charge is 0.479 e. The highest BCUT2D eigenvalue weighted by atomic mass is 19.3. The van der Waals surface area contributed by atoms with Crippen molar-refractivity contribution in [2.24, 2.45) is 5.73 Å². The lowest BCUT2D eigenvalue weighted by Crippen LogP contribution is -2.18. The molecule has 0 aliphatic heterocycles. The van der Waals surface area contributed by atoms with Crippen LogP contribution in [-0.4, -0.2) is 25.2 Å². The third-order valence-electron chi connectivity index (χ3n) is 1.64. The Morgan fingerprint density at radius 2 is 2.38 bits per heavy atom. The molecule has 74 valence electrons. The maximum Gasteiger partial charge on any atom is 0.254 e. The lowest BCUT2D eigenvalue weighted by atomic mass is 10.1. The van der Waals surface area contributed by atoms with Crippen LogP contribution in [0.2, 0.25) is 0 Å². The highest BCUT2D eigenvalue weighted by molar-refractivity contribution is 5.15. The van der Waals surface area contributed by atoms with E-state index in [-0.39, 0.29) is 18.2 Å². The van der Waals surface area contributed by atoms with Crippen molar-refractivity contribution in [3.05, 3.63) is 11.8 Å². The van der Waals surface area contributed by atoms with Crippen LogP contribution in [0.3, 0.4) is 0 Å². The number of aromatic nitrogens is 1. The van der Waals surface area contributed by atoms with Gasteiger partial charge < -0.3 is 15.0 Å². The average Bonchev–Trinajstić information content (AvgIpc) is 2.53. The van der Waals surface area contributed by atoms with Crippen molar-refractivity contribution >= 4 is 0 Å². The topological polar surface area (TPSA) is 61.3 Å². The van der Waals surface area contributed by atoms with E-state index in [0.29, 0.717) is 0 Å². The zero-order chi connectivity index (χ0) is 9.84. The first kappa shape index (κ1) is 9.91. The van der Waals surface area contributed by atoms with Crippen molar-refractivity contribution in [3.8, 4) is 5.88 Å². The SMILES string of the molecule is COc1cc(C(CN)C(F)F)on1. The fourth-order valence-corrected chi connectivity index (χ4v) is 0.886. The Hall–Kier alpha value is -1.17. The van der Waals surface area contributed by atoms with E-state index in [9.17, 15) is 8.78 Å². The Kier molecular flexibility index (Phi) is 3.18. The average molecular weight is 192 g/mol. The minimum atomic E-state index is -2.55. The molecule has 0 radical (unpaired) electrons. The first-order chi connectivity index (χ1) is 6.19. The maximum absolute atomic E-state index is 12.3. The zero-order valence-electron chi connectivity index (χ0n) is 7.04. The van der Waals surface area contributed by atoms with Crippen molar-refractivity contribution in [2.75, 3.05) is 13.7 Å². The van der Waals surface area contributed by atoms with Gasteiger partial charge in [-0.15, -0.1) is 0 Å². The van der Waals surface area contributed by atoms with Crippen LogP contribution in [0.15, 0.2) is 10.6 Å². The van der Waals surface area contributed by atoms with Crippen LogP contribution < -0.4 is 10.5 Å². The normalized spacial score (nSPS) is 13.3. The predicted molar refractivity (Wildman–Crippen MR) is 40.9 cm³/mol. The van der Waals surface area contributed by atoms with Crippen molar-refractivity contribution in [2.45, 2.75) is 12.3 Å². The van der Waals surface area contributed by atoms with Gasteiger partial charge >= 0.3 is 0 Å². The molecule has 0 aliphatic rings. The second-order valence-corrected chi connectivity index (χ2v) is 2.45. The maximum atomic E-state index is 12.3. The minimum absolute atomic E-state index is 0.0503. The standard InChI is InChI=1S/C7H10F2N2O2/c1-12-6-2-5(13-11-6)4(3-10)7(8)9/h2,4,7H,3,10H2,1H3. The Bertz CT molecular complexity index is 265. The van der Waals surface area contributed by atoms with Crippen molar-refractivity contribution in [1.82, 2.24) is 5.16 Å². The van der Waals surface area contributed by atoms with E-state index in [4.69, 9.17) is 5.73 Å². The highest BCUT2D eigenvalue weighted by Gasteiger charge is 2.25. The van der Waals surface area contributed by atoms with Crippen LogP contribution in [0.4, 0.5) is 8.78 Å². The molecule has 1 heterocycles. The first-order valence-electron chi connectivity index (χ1n) is 3.67. The summed E-state index contributed by atoms with van der Waals surface area (Å²) in [5, 5.41) is 3.40. The summed E-state index contributed by atoms with van der Waals surface area (Å²) in [6.45, 7) is -0.185. The van der Waals surface area contributed by atoms with Gasteiger partial charge in [-0.05, 0) is 5.16 Å². The summed E-state index contributed by atoms with van der Waals surface area (Å²) in [7, 11) is 1.38. The number of methoxy groups -OCH3 is 1. The van der Waals surface area contributed by atoms with E-state index in [0.717, 1.165) is 0 Å².